The molecule has 2 fully saturated rings. The van der Waals surface area contributed by atoms with Crippen molar-refractivity contribution in [2.45, 2.75) is 338 Å². The molecule has 9 N–H and O–H groups in total. The molecule has 2 saturated heterocycles. The predicted octanol–water partition coefficient (Wildman–Crippen LogP) is 11.4. The fourth-order valence-electron chi connectivity index (χ4n) is 10.4. The average Bonchev–Trinajstić information content (AvgIpc) is 3.44. The van der Waals surface area contributed by atoms with Crippen LogP contribution in [0.4, 0.5) is 0 Å². The summed E-state index contributed by atoms with van der Waals surface area (Å²) in [5.41, 5.74) is 0. The first-order valence-corrected chi connectivity index (χ1v) is 31.7. The molecule has 2 aliphatic rings. The molecule has 14 nitrogen and oxygen atoms in total. The van der Waals surface area contributed by atoms with E-state index in [9.17, 15) is 45.6 Å². The van der Waals surface area contributed by atoms with E-state index in [0.717, 1.165) is 32.1 Å². The summed E-state index contributed by atoms with van der Waals surface area (Å²) in [4.78, 5) is 13.3. The Morgan fingerprint density at radius 2 is 0.831 bits per heavy atom. The van der Waals surface area contributed by atoms with Crippen LogP contribution in [0.1, 0.15) is 264 Å². The van der Waals surface area contributed by atoms with E-state index in [4.69, 9.17) is 18.9 Å². The molecule has 2 heterocycles. The first-order chi connectivity index (χ1) is 37.6. The highest BCUT2D eigenvalue weighted by molar-refractivity contribution is 5.76. The zero-order valence-electron chi connectivity index (χ0n) is 48.7. The summed E-state index contributed by atoms with van der Waals surface area (Å²) < 4.78 is 22.8. The van der Waals surface area contributed by atoms with Crippen molar-refractivity contribution < 1.29 is 64.6 Å². The lowest BCUT2D eigenvalue weighted by molar-refractivity contribution is -0.359. The van der Waals surface area contributed by atoms with Crippen molar-refractivity contribution in [2.24, 2.45) is 0 Å². The maximum atomic E-state index is 13.3. The summed E-state index contributed by atoms with van der Waals surface area (Å²) in [6, 6.07) is -0.932. The van der Waals surface area contributed by atoms with Gasteiger partial charge in [-0.2, -0.15) is 0 Å². The number of rotatable bonds is 51. The van der Waals surface area contributed by atoms with Gasteiger partial charge in [-0.05, 0) is 57.8 Å². The zero-order valence-corrected chi connectivity index (χ0v) is 48.7. The second-order valence-corrected chi connectivity index (χ2v) is 22.5. The van der Waals surface area contributed by atoms with Crippen LogP contribution in [-0.4, -0.2) is 140 Å². The third-order valence-electron chi connectivity index (χ3n) is 15.5. The Bertz CT molecular complexity index is 1430. The number of aliphatic hydroxyl groups excluding tert-OH is 8. The van der Waals surface area contributed by atoms with Crippen LogP contribution in [0.2, 0.25) is 0 Å². The lowest BCUT2D eigenvalue weighted by Crippen LogP contribution is -2.65. The number of hydrogen-bond acceptors (Lipinski definition) is 13. The standard InChI is InChI=1S/C63H117NO13/c1-3-5-7-9-11-13-15-17-19-21-23-25-27-28-30-32-34-36-38-40-42-44-46-52(67)51(50-74-62-60(73)58(71)61(54(49-66)76-62)77-63-59(72)57(70)56(69)53(48-65)75-63)64-55(68)47-45-43-41-39-37-35-33-31-29-26-24-22-20-18-16-14-12-10-8-6-4-2/h22,24,36,38,44,46,51-54,56-63,65-67,69-73H,3-21,23,25-35,37,39-43,45,47-50H2,1-2H3,(H,64,68)/b24-22-,38-36+,46-44+. The van der Waals surface area contributed by atoms with Crippen molar-refractivity contribution in [1.82, 2.24) is 5.32 Å². The Morgan fingerprint density at radius 1 is 0.455 bits per heavy atom. The van der Waals surface area contributed by atoms with Gasteiger partial charge < -0.3 is 65.1 Å². The van der Waals surface area contributed by atoms with Gasteiger partial charge >= 0.3 is 0 Å². The molecule has 0 radical (unpaired) electrons. The van der Waals surface area contributed by atoms with Gasteiger partial charge in [-0.25, -0.2) is 0 Å². The molecule has 12 unspecified atom stereocenters. The van der Waals surface area contributed by atoms with E-state index >= 15 is 0 Å². The maximum absolute atomic E-state index is 13.3. The van der Waals surface area contributed by atoms with E-state index in [-0.39, 0.29) is 18.9 Å². The molecule has 0 bridgehead atoms. The Labute approximate surface area is 468 Å². The van der Waals surface area contributed by atoms with E-state index in [2.05, 4.69) is 43.5 Å². The minimum Gasteiger partial charge on any atom is -0.394 e. The van der Waals surface area contributed by atoms with Crippen LogP contribution in [0.3, 0.4) is 0 Å². The van der Waals surface area contributed by atoms with Crippen LogP contribution in [0.15, 0.2) is 36.5 Å². The monoisotopic (exact) mass is 1100 g/mol. The van der Waals surface area contributed by atoms with Crippen LogP contribution in [0, 0.1) is 0 Å². The third-order valence-corrected chi connectivity index (χ3v) is 15.5. The van der Waals surface area contributed by atoms with Gasteiger partial charge in [0.15, 0.2) is 12.6 Å². The van der Waals surface area contributed by atoms with Gasteiger partial charge in [-0.1, -0.05) is 237 Å². The van der Waals surface area contributed by atoms with Crippen molar-refractivity contribution in [3.8, 4) is 0 Å². The van der Waals surface area contributed by atoms with Crippen LogP contribution >= 0.6 is 0 Å². The number of ether oxygens (including phenoxy) is 4. The first-order valence-electron chi connectivity index (χ1n) is 31.7. The summed E-state index contributed by atoms with van der Waals surface area (Å²) in [5, 5.41) is 87.2. The number of unbranched alkanes of at least 4 members (excludes halogenated alkanes) is 34. The molecule has 452 valence electrons. The molecule has 14 heteroatoms. The number of allylic oxidation sites excluding steroid dienone is 5. The third kappa shape index (κ3) is 34.3. The van der Waals surface area contributed by atoms with Crippen LogP contribution in [0.25, 0.3) is 0 Å². The van der Waals surface area contributed by atoms with E-state index < -0.39 is 86.8 Å². The zero-order chi connectivity index (χ0) is 56.0. The van der Waals surface area contributed by atoms with Crippen molar-refractivity contribution in [3.63, 3.8) is 0 Å². The van der Waals surface area contributed by atoms with E-state index in [1.54, 1.807) is 6.08 Å². The molecule has 0 aromatic rings. The summed E-state index contributed by atoms with van der Waals surface area (Å²) in [5.74, 6) is -0.249. The highest BCUT2D eigenvalue weighted by Crippen LogP contribution is 2.30. The molecule has 0 saturated carbocycles. The molecule has 0 aromatic carbocycles. The van der Waals surface area contributed by atoms with Gasteiger partial charge in [-0.15, -0.1) is 0 Å². The Kier molecular flexibility index (Phi) is 45.3. The summed E-state index contributed by atoms with van der Waals surface area (Å²) in [7, 11) is 0. The van der Waals surface area contributed by atoms with Crippen LogP contribution in [0.5, 0.6) is 0 Å². The molecular formula is C63H117NO13. The fraction of sp³-hybridized carbons (Fsp3) is 0.889. The largest absolute Gasteiger partial charge is 0.394 e. The van der Waals surface area contributed by atoms with Gasteiger partial charge in [0, 0.05) is 6.42 Å². The summed E-state index contributed by atoms with van der Waals surface area (Å²) >= 11 is 0. The molecule has 1 amide bonds. The van der Waals surface area contributed by atoms with Gasteiger partial charge in [0.05, 0.1) is 32.0 Å². The lowest BCUT2D eigenvalue weighted by Gasteiger charge is -2.46. The van der Waals surface area contributed by atoms with Gasteiger partial charge in [0.1, 0.15) is 48.8 Å². The van der Waals surface area contributed by atoms with Gasteiger partial charge in [-0.3, -0.25) is 4.79 Å². The Balaban J connectivity index is 1.76. The second kappa shape index (κ2) is 48.9. The molecule has 12 atom stereocenters. The maximum Gasteiger partial charge on any atom is 0.220 e. The number of hydrogen-bond donors (Lipinski definition) is 9. The number of carbonyl (C=O) groups is 1. The van der Waals surface area contributed by atoms with Crippen molar-refractivity contribution in [2.75, 3.05) is 19.8 Å². The highest BCUT2D eigenvalue weighted by Gasteiger charge is 2.51. The normalized spacial score (nSPS) is 24.9. The average molecular weight is 1100 g/mol. The van der Waals surface area contributed by atoms with Gasteiger partial charge in [0.25, 0.3) is 0 Å². The number of carbonyl (C=O) groups excluding carboxylic acids is 1. The fourth-order valence-corrected chi connectivity index (χ4v) is 10.4. The number of amides is 1. The molecule has 2 aliphatic heterocycles. The first kappa shape index (κ1) is 71.3. The smallest absolute Gasteiger partial charge is 0.220 e. The number of aliphatic hydroxyl groups is 8. The van der Waals surface area contributed by atoms with Gasteiger partial charge in [0.2, 0.25) is 5.91 Å². The Morgan fingerprint density at radius 3 is 1.27 bits per heavy atom. The molecule has 0 aliphatic carbocycles. The summed E-state index contributed by atoms with van der Waals surface area (Å²) in [6.45, 7) is 2.81. The van der Waals surface area contributed by atoms with E-state index in [1.807, 2.05) is 6.08 Å². The minimum absolute atomic E-state index is 0.249. The number of nitrogens with one attached hydrogen (secondary N) is 1. The summed E-state index contributed by atoms with van der Waals surface area (Å²) in [6.07, 6.45) is 43.3. The highest BCUT2D eigenvalue weighted by atomic mass is 16.7. The predicted molar refractivity (Wildman–Crippen MR) is 309 cm³/mol. The molecule has 0 aromatic heterocycles. The topological polar surface area (TPSA) is 228 Å². The molecule has 2 rings (SSSR count). The van der Waals surface area contributed by atoms with Crippen LogP contribution < -0.4 is 5.32 Å². The van der Waals surface area contributed by atoms with Crippen LogP contribution in [-0.2, 0) is 23.7 Å². The molecular weight excluding hydrogens is 979 g/mol. The van der Waals surface area contributed by atoms with Crippen molar-refractivity contribution >= 4 is 5.91 Å². The molecule has 77 heavy (non-hydrogen) atoms. The Hall–Kier alpha value is -1.79. The molecule has 0 spiro atoms. The quantitative estimate of drug-likeness (QED) is 0.0204. The lowest BCUT2D eigenvalue weighted by atomic mass is 9.97. The van der Waals surface area contributed by atoms with E-state index in [0.29, 0.717) is 12.8 Å². The van der Waals surface area contributed by atoms with Crippen molar-refractivity contribution in [3.05, 3.63) is 36.5 Å². The van der Waals surface area contributed by atoms with E-state index in [1.165, 1.54) is 199 Å². The SMILES string of the molecule is CCCCCCCCCC/C=C\CCCCCCCCCCCC(=O)NC(COC1OC(CO)C(OC2OC(CO)C(O)C(O)C2O)C(O)C1O)C(O)/C=C/CC/C=C/CCCCCCCCCCCCCCCCCC. The minimum atomic E-state index is -1.79. The van der Waals surface area contributed by atoms with Crippen molar-refractivity contribution in [1.29, 1.82) is 0 Å². The second-order valence-electron chi connectivity index (χ2n) is 22.5.